The minimum absolute atomic E-state index is 0.0653. The number of benzene rings is 1. The van der Waals surface area contributed by atoms with Crippen molar-refractivity contribution < 1.29 is 19.1 Å². The van der Waals surface area contributed by atoms with Crippen molar-refractivity contribution in [2.24, 2.45) is 0 Å². The molecular formula is C18H20ClNO4. The fraction of sp³-hybridized carbons (Fsp3) is 0.333. The maximum Gasteiger partial charge on any atom is 0.336 e. The van der Waals surface area contributed by atoms with Crippen LogP contribution in [0.1, 0.15) is 25.3 Å². The fourth-order valence-electron chi connectivity index (χ4n) is 2.56. The summed E-state index contributed by atoms with van der Waals surface area (Å²) in [5.41, 5.74) is 1.50. The third-order valence-electron chi connectivity index (χ3n) is 3.84. The monoisotopic (exact) mass is 349 g/mol. The van der Waals surface area contributed by atoms with Crippen molar-refractivity contribution in [1.82, 2.24) is 4.90 Å². The van der Waals surface area contributed by atoms with Crippen molar-refractivity contribution in [1.29, 1.82) is 0 Å². The molecule has 0 aromatic heterocycles. The number of halogens is 1. The van der Waals surface area contributed by atoms with Crippen LogP contribution in [-0.4, -0.2) is 37.1 Å². The van der Waals surface area contributed by atoms with E-state index in [1.54, 1.807) is 41.6 Å². The van der Waals surface area contributed by atoms with Gasteiger partial charge < -0.3 is 14.4 Å². The van der Waals surface area contributed by atoms with E-state index >= 15 is 0 Å². The third-order valence-corrected chi connectivity index (χ3v) is 4.09. The molecule has 0 unspecified atom stereocenters. The van der Waals surface area contributed by atoms with Gasteiger partial charge in [-0.05, 0) is 31.5 Å². The molecular weight excluding hydrogens is 330 g/mol. The highest BCUT2D eigenvalue weighted by Gasteiger charge is 2.35. The summed E-state index contributed by atoms with van der Waals surface area (Å²) in [7, 11) is 2.63. The molecule has 0 amide bonds. The van der Waals surface area contributed by atoms with Crippen LogP contribution >= 0.6 is 11.6 Å². The first-order valence-corrected chi connectivity index (χ1v) is 7.89. The Balaban J connectivity index is 2.60. The van der Waals surface area contributed by atoms with Gasteiger partial charge in [-0.25, -0.2) is 9.59 Å². The normalized spacial score (nSPS) is 15.0. The predicted molar refractivity (Wildman–Crippen MR) is 91.4 cm³/mol. The Kier molecular flexibility index (Phi) is 5.67. The van der Waals surface area contributed by atoms with Crippen LogP contribution in [0.2, 0.25) is 5.02 Å². The van der Waals surface area contributed by atoms with Crippen LogP contribution in [0.3, 0.4) is 0 Å². The summed E-state index contributed by atoms with van der Waals surface area (Å²) in [6, 6.07) is 7.07. The van der Waals surface area contributed by atoms with Gasteiger partial charge in [-0.1, -0.05) is 23.7 Å². The molecule has 2 rings (SSSR count). The zero-order valence-electron chi connectivity index (χ0n) is 14.1. The second kappa shape index (κ2) is 7.53. The van der Waals surface area contributed by atoms with E-state index in [4.69, 9.17) is 21.1 Å². The molecule has 128 valence electrons. The quantitative estimate of drug-likeness (QED) is 0.781. The standard InChI is InChI=1S/C18H20ClNO4/c1-11(2)20-9-14(17(21)23-3)16(15(10-20)18(22)24-4)12-5-7-13(19)8-6-12/h5-11,16H,1-4H3. The van der Waals surface area contributed by atoms with E-state index in [0.717, 1.165) is 5.56 Å². The predicted octanol–water partition coefficient (Wildman–Crippen LogP) is 3.26. The molecule has 1 heterocycles. The van der Waals surface area contributed by atoms with Crippen LogP contribution < -0.4 is 0 Å². The van der Waals surface area contributed by atoms with E-state index in [-0.39, 0.29) is 6.04 Å². The highest BCUT2D eigenvalue weighted by Crippen LogP contribution is 2.37. The van der Waals surface area contributed by atoms with E-state index in [1.807, 2.05) is 13.8 Å². The van der Waals surface area contributed by atoms with Gasteiger partial charge in [0, 0.05) is 23.5 Å². The van der Waals surface area contributed by atoms with Gasteiger partial charge in [-0.15, -0.1) is 0 Å². The Morgan fingerprint density at radius 3 is 1.83 bits per heavy atom. The molecule has 0 saturated carbocycles. The molecule has 1 aromatic carbocycles. The summed E-state index contributed by atoms with van der Waals surface area (Å²) in [5, 5.41) is 0.575. The number of hydrogen-bond donors (Lipinski definition) is 0. The van der Waals surface area contributed by atoms with Crippen molar-refractivity contribution >= 4 is 23.5 Å². The number of carbonyl (C=O) groups is 2. The number of nitrogens with zero attached hydrogens (tertiary/aromatic N) is 1. The average Bonchev–Trinajstić information content (AvgIpc) is 2.59. The van der Waals surface area contributed by atoms with Crippen LogP contribution in [0.5, 0.6) is 0 Å². The van der Waals surface area contributed by atoms with Crippen molar-refractivity contribution in [2.75, 3.05) is 14.2 Å². The van der Waals surface area contributed by atoms with Gasteiger partial charge in [0.2, 0.25) is 0 Å². The zero-order valence-corrected chi connectivity index (χ0v) is 14.8. The zero-order chi connectivity index (χ0) is 17.9. The van der Waals surface area contributed by atoms with Gasteiger partial charge in [0.1, 0.15) is 0 Å². The molecule has 0 spiro atoms. The molecule has 1 aliphatic heterocycles. The van der Waals surface area contributed by atoms with E-state index < -0.39 is 17.9 Å². The van der Waals surface area contributed by atoms with Gasteiger partial charge in [-0.2, -0.15) is 0 Å². The minimum Gasteiger partial charge on any atom is -0.466 e. The van der Waals surface area contributed by atoms with Gasteiger partial charge in [0.15, 0.2) is 0 Å². The first kappa shape index (κ1) is 18.1. The smallest absolute Gasteiger partial charge is 0.336 e. The van der Waals surface area contributed by atoms with Gasteiger partial charge in [-0.3, -0.25) is 0 Å². The topological polar surface area (TPSA) is 55.8 Å². The van der Waals surface area contributed by atoms with Crippen molar-refractivity contribution in [3.8, 4) is 0 Å². The van der Waals surface area contributed by atoms with Crippen LogP contribution in [0.25, 0.3) is 0 Å². The van der Waals surface area contributed by atoms with Gasteiger partial charge in [0.05, 0.1) is 31.3 Å². The van der Waals surface area contributed by atoms with Gasteiger partial charge >= 0.3 is 11.9 Å². The van der Waals surface area contributed by atoms with Crippen LogP contribution in [0, 0.1) is 0 Å². The number of ether oxygens (including phenoxy) is 2. The van der Waals surface area contributed by atoms with E-state index in [0.29, 0.717) is 16.2 Å². The second-order valence-electron chi connectivity index (χ2n) is 5.68. The lowest BCUT2D eigenvalue weighted by atomic mass is 9.83. The van der Waals surface area contributed by atoms with Crippen molar-refractivity contribution in [3.63, 3.8) is 0 Å². The summed E-state index contributed by atoms with van der Waals surface area (Å²) in [4.78, 5) is 26.4. The molecule has 0 N–H and O–H groups in total. The maximum atomic E-state index is 12.3. The third kappa shape index (κ3) is 3.62. The lowest BCUT2D eigenvalue weighted by Gasteiger charge is -2.32. The first-order valence-electron chi connectivity index (χ1n) is 7.52. The Morgan fingerprint density at radius 1 is 1.00 bits per heavy atom. The maximum absolute atomic E-state index is 12.3. The highest BCUT2D eigenvalue weighted by atomic mass is 35.5. The highest BCUT2D eigenvalue weighted by molar-refractivity contribution is 6.30. The lowest BCUT2D eigenvalue weighted by molar-refractivity contribution is -0.137. The lowest BCUT2D eigenvalue weighted by Crippen LogP contribution is -2.31. The molecule has 1 aromatic rings. The van der Waals surface area contributed by atoms with Crippen molar-refractivity contribution in [3.05, 3.63) is 58.4 Å². The van der Waals surface area contributed by atoms with Crippen LogP contribution in [0.15, 0.2) is 47.8 Å². The molecule has 24 heavy (non-hydrogen) atoms. The fourth-order valence-corrected chi connectivity index (χ4v) is 2.69. The molecule has 0 radical (unpaired) electrons. The summed E-state index contributed by atoms with van der Waals surface area (Å²) in [6.07, 6.45) is 3.42. The summed E-state index contributed by atoms with van der Waals surface area (Å²) >= 11 is 5.95. The van der Waals surface area contributed by atoms with Crippen LogP contribution in [-0.2, 0) is 19.1 Å². The number of esters is 2. The largest absolute Gasteiger partial charge is 0.466 e. The molecule has 5 nitrogen and oxygen atoms in total. The Labute approximate surface area is 146 Å². The second-order valence-corrected chi connectivity index (χ2v) is 6.11. The Hall–Kier alpha value is -2.27. The number of rotatable bonds is 4. The molecule has 0 saturated heterocycles. The molecule has 0 atom stereocenters. The number of methoxy groups -OCH3 is 2. The van der Waals surface area contributed by atoms with Crippen LogP contribution in [0.4, 0.5) is 0 Å². The molecule has 1 aliphatic rings. The van der Waals surface area contributed by atoms with Crippen molar-refractivity contribution in [2.45, 2.75) is 25.8 Å². The molecule has 0 fully saturated rings. The van der Waals surface area contributed by atoms with E-state index in [1.165, 1.54) is 14.2 Å². The average molecular weight is 350 g/mol. The summed E-state index contributed by atoms with van der Waals surface area (Å²) < 4.78 is 9.83. The molecule has 0 aliphatic carbocycles. The Morgan fingerprint density at radius 2 is 1.46 bits per heavy atom. The number of hydrogen-bond acceptors (Lipinski definition) is 5. The molecule has 0 bridgehead atoms. The minimum atomic E-state index is -0.572. The van der Waals surface area contributed by atoms with E-state index in [2.05, 4.69) is 0 Å². The summed E-state index contributed by atoms with van der Waals surface area (Å²) in [5.74, 6) is -1.55. The summed E-state index contributed by atoms with van der Waals surface area (Å²) in [6.45, 7) is 3.92. The van der Waals surface area contributed by atoms with E-state index in [9.17, 15) is 9.59 Å². The Bertz CT molecular complexity index is 657. The molecule has 6 heteroatoms. The SMILES string of the molecule is COC(=O)C1=CN(C(C)C)C=C(C(=O)OC)C1c1ccc(Cl)cc1. The van der Waals surface area contributed by atoms with Gasteiger partial charge in [0.25, 0.3) is 0 Å². The first-order chi connectivity index (χ1) is 11.4. The number of carbonyl (C=O) groups excluding carboxylic acids is 2.